The Morgan fingerprint density at radius 1 is 1.40 bits per heavy atom. The number of carbonyl (C=O) groups is 2. The number of nitrogens with one attached hydrogen (secondary N) is 2. The largest absolute Gasteiger partial charge is 0.444 e. The number of rotatable bonds is 5. The quantitative estimate of drug-likeness (QED) is 0.846. The number of alkyl carbamates (subject to hydrolysis) is 1. The molecule has 1 atom stereocenters. The Hall–Kier alpha value is -2.42. The van der Waals surface area contributed by atoms with E-state index in [1.54, 1.807) is 38.6 Å². The second kappa shape index (κ2) is 7.64. The van der Waals surface area contributed by atoms with E-state index in [2.05, 4.69) is 20.7 Å². The summed E-state index contributed by atoms with van der Waals surface area (Å²) >= 11 is 1.33. The lowest BCUT2D eigenvalue weighted by molar-refractivity contribution is 0.0521. The van der Waals surface area contributed by atoms with Gasteiger partial charge in [0, 0.05) is 30.6 Å². The summed E-state index contributed by atoms with van der Waals surface area (Å²) in [6.45, 7) is 7.48. The molecule has 2 N–H and O–H groups in total. The van der Waals surface area contributed by atoms with Crippen LogP contribution in [0.15, 0.2) is 17.8 Å². The minimum Gasteiger partial charge on any atom is -0.444 e. The first-order valence-corrected chi connectivity index (χ1v) is 8.74. The zero-order valence-corrected chi connectivity index (χ0v) is 15.8. The van der Waals surface area contributed by atoms with Gasteiger partial charge in [-0.15, -0.1) is 11.3 Å². The normalized spacial score (nSPS) is 12.5. The molecule has 0 bridgehead atoms. The Labute approximate surface area is 150 Å². The van der Waals surface area contributed by atoms with Gasteiger partial charge < -0.3 is 15.4 Å². The lowest BCUT2D eigenvalue weighted by Crippen LogP contribution is -2.43. The summed E-state index contributed by atoms with van der Waals surface area (Å²) in [6, 6.07) is 1.54. The molecule has 136 valence electrons. The Bertz CT molecular complexity index is 747. The molecule has 0 aliphatic rings. The highest BCUT2D eigenvalue weighted by atomic mass is 32.1. The van der Waals surface area contributed by atoms with Crippen LogP contribution in [0, 0.1) is 0 Å². The van der Waals surface area contributed by atoms with E-state index < -0.39 is 11.7 Å². The van der Waals surface area contributed by atoms with Gasteiger partial charge in [0.1, 0.15) is 11.9 Å². The summed E-state index contributed by atoms with van der Waals surface area (Å²) in [5.74, 6) is 0.506. The molecule has 0 saturated carbocycles. The summed E-state index contributed by atoms with van der Waals surface area (Å²) in [5.41, 5.74) is 0.290. The lowest BCUT2D eigenvalue weighted by atomic mass is 10.2. The molecule has 0 aliphatic heterocycles. The third-order valence-corrected chi connectivity index (χ3v) is 4.05. The van der Waals surface area contributed by atoms with Crippen LogP contribution < -0.4 is 10.6 Å². The molecule has 0 aliphatic carbocycles. The number of carbonyl (C=O) groups excluding carboxylic acids is 2. The standard InChI is InChI=1S/C16H23N5O3S/c1-10(7-17-15(23)24-16(2,3)4)20-14(22)12-6-11(8-25-12)13-18-9-19-21(13)5/h6,8-10H,7H2,1-5H3,(H,17,23)(H,20,22). The van der Waals surface area contributed by atoms with Crippen LogP contribution in [0.3, 0.4) is 0 Å². The average Bonchev–Trinajstić information content (AvgIpc) is 3.11. The van der Waals surface area contributed by atoms with Gasteiger partial charge in [-0.25, -0.2) is 14.5 Å². The fourth-order valence-electron chi connectivity index (χ4n) is 2.03. The molecule has 2 heterocycles. The fourth-order valence-corrected chi connectivity index (χ4v) is 2.82. The summed E-state index contributed by atoms with van der Waals surface area (Å²) in [4.78, 5) is 28.7. The van der Waals surface area contributed by atoms with E-state index in [4.69, 9.17) is 4.74 Å². The maximum atomic E-state index is 12.3. The average molecular weight is 365 g/mol. The van der Waals surface area contributed by atoms with Crippen LogP contribution >= 0.6 is 11.3 Å². The van der Waals surface area contributed by atoms with E-state index in [1.165, 1.54) is 17.7 Å². The number of aryl methyl sites for hydroxylation is 1. The first-order chi connectivity index (χ1) is 11.7. The van der Waals surface area contributed by atoms with Gasteiger partial charge in [0.05, 0.1) is 4.88 Å². The maximum absolute atomic E-state index is 12.3. The lowest BCUT2D eigenvalue weighted by Gasteiger charge is -2.21. The molecule has 0 aromatic carbocycles. The van der Waals surface area contributed by atoms with Crippen molar-refractivity contribution in [3.63, 3.8) is 0 Å². The molecule has 0 radical (unpaired) electrons. The third-order valence-electron chi connectivity index (χ3n) is 3.12. The predicted octanol–water partition coefficient (Wildman–Crippen LogP) is 2.19. The first-order valence-electron chi connectivity index (χ1n) is 7.86. The summed E-state index contributed by atoms with van der Waals surface area (Å²) < 4.78 is 6.81. The first kappa shape index (κ1) is 18.9. The molecule has 2 amide bonds. The smallest absolute Gasteiger partial charge is 0.407 e. The molecule has 25 heavy (non-hydrogen) atoms. The van der Waals surface area contributed by atoms with E-state index in [0.29, 0.717) is 10.7 Å². The van der Waals surface area contributed by atoms with E-state index >= 15 is 0 Å². The number of nitrogens with zero attached hydrogens (tertiary/aromatic N) is 3. The molecule has 8 nitrogen and oxygen atoms in total. The number of hydrogen-bond acceptors (Lipinski definition) is 6. The number of thiophene rings is 1. The van der Waals surface area contributed by atoms with Crippen LogP contribution in [-0.4, -0.2) is 45.0 Å². The van der Waals surface area contributed by atoms with Gasteiger partial charge in [0.2, 0.25) is 0 Å². The van der Waals surface area contributed by atoms with Crippen LogP contribution in [-0.2, 0) is 11.8 Å². The number of aromatic nitrogens is 3. The van der Waals surface area contributed by atoms with Crippen LogP contribution in [0.25, 0.3) is 11.4 Å². The third kappa shape index (κ3) is 5.56. The second-order valence-electron chi connectivity index (χ2n) is 6.66. The van der Waals surface area contributed by atoms with Crippen molar-refractivity contribution in [3.05, 3.63) is 22.7 Å². The molecule has 2 aromatic heterocycles. The van der Waals surface area contributed by atoms with Crippen molar-refractivity contribution in [2.75, 3.05) is 6.54 Å². The number of hydrogen-bond donors (Lipinski definition) is 2. The van der Waals surface area contributed by atoms with Crippen molar-refractivity contribution >= 4 is 23.3 Å². The van der Waals surface area contributed by atoms with Crippen molar-refractivity contribution in [3.8, 4) is 11.4 Å². The molecular weight excluding hydrogens is 342 g/mol. The maximum Gasteiger partial charge on any atom is 0.407 e. The molecule has 0 spiro atoms. The molecule has 9 heteroatoms. The van der Waals surface area contributed by atoms with Crippen LogP contribution in [0.2, 0.25) is 0 Å². The molecule has 0 saturated heterocycles. The van der Waals surface area contributed by atoms with Crippen LogP contribution in [0.1, 0.15) is 37.4 Å². The van der Waals surface area contributed by atoms with Crippen molar-refractivity contribution in [2.24, 2.45) is 7.05 Å². The Kier molecular flexibility index (Phi) is 5.78. The van der Waals surface area contributed by atoms with Gasteiger partial charge in [-0.2, -0.15) is 5.10 Å². The molecule has 2 rings (SSSR count). The summed E-state index contributed by atoms with van der Waals surface area (Å²) in [5, 5.41) is 11.4. The monoisotopic (exact) mass is 365 g/mol. The van der Waals surface area contributed by atoms with Crippen molar-refractivity contribution in [2.45, 2.75) is 39.3 Å². The Balaban J connectivity index is 1.86. The van der Waals surface area contributed by atoms with Crippen molar-refractivity contribution in [1.29, 1.82) is 0 Å². The Morgan fingerprint density at radius 3 is 2.72 bits per heavy atom. The van der Waals surface area contributed by atoms with Crippen molar-refractivity contribution < 1.29 is 14.3 Å². The second-order valence-corrected chi connectivity index (χ2v) is 7.58. The highest BCUT2D eigenvalue weighted by Gasteiger charge is 2.18. The Morgan fingerprint density at radius 2 is 2.12 bits per heavy atom. The molecule has 2 aromatic rings. The molecule has 1 unspecified atom stereocenters. The van der Waals surface area contributed by atoms with E-state index in [0.717, 1.165) is 5.56 Å². The van der Waals surface area contributed by atoms with E-state index in [9.17, 15) is 9.59 Å². The highest BCUT2D eigenvalue weighted by molar-refractivity contribution is 7.12. The molecule has 0 fully saturated rings. The zero-order valence-electron chi connectivity index (χ0n) is 15.0. The minimum atomic E-state index is -0.552. The minimum absolute atomic E-state index is 0.197. The van der Waals surface area contributed by atoms with Crippen LogP contribution in [0.4, 0.5) is 4.79 Å². The van der Waals surface area contributed by atoms with Gasteiger partial charge in [-0.1, -0.05) is 0 Å². The topological polar surface area (TPSA) is 98.1 Å². The van der Waals surface area contributed by atoms with Gasteiger partial charge >= 0.3 is 6.09 Å². The zero-order chi connectivity index (χ0) is 18.6. The summed E-state index contributed by atoms with van der Waals surface area (Å²) in [7, 11) is 1.80. The number of ether oxygens (including phenoxy) is 1. The van der Waals surface area contributed by atoms with Crippen LogP contribution in [0.5, 0.6) is 0 Å². The van der Waals surface area contributed by atoms with Gasteiger partial charge in [0.25, 0.3) is 5.91 Å². The predicted molar refractivity (Wildman–Crippen MR) is 95.5 cm³/mol. The summed E-state index contributed by atoms with van der Waals surface area (Å²) in [6.07, 6.45) is 0.964. The van der Waals surface area contributed by atoms with Gasteiger partial charge in [0.15, 0.2) is 5.82 Å². The van der Waals surface area contributed by atoms with Crippen molar-refractivity contribution in [1.82, 2.24) is 25.4 Å². The SMILES string of the molecule is CC(CNC(=O)OC(C)(C)C)NC(=O)c1cc(-c2ncnn2C)cs1. The van der Waals surface area contributed by atoms with E-state index in [-0.39, 0.29) is 18.5 Å². The van der Waals surface area contributed by atoms with Gasteiger partial charge in [-0.05, 0) is 33.8 Å². The molecular formula is C16H23N5O3S. The highest BCUT2D eigenvalue weighted by Crippen LogP contribution is 2.23. The number of amides is 2. The fraction of sp³-hybridized carbons (Fsp3) is 0.500. The van der Waals surface area contributed by atoms with Gasteiger partial charge in [-0.3, -0.25) is 4.79 Å². The van der Waals surface area contributed by atoms with E-state index in [1.807, 2.05) is 12.3 Å².